The molecule has 2 saturated heterocycles. The van der Waals surface area contributed by atoms with Crippen LogP contribution in [0.15, 0.2) is 84.9 Å². The van der Waals surface area contributed by atoms with E-state index in [9.17, 15) is 0 Å². The Bertz CT molecular complexity index is 1470. The van der Waals surface area contributed by atoms with E-state index >= 15 is 0 Å². The summed E-state index contributed by atoms with van der Waals surface area (Å²) in [7, 11) is 0. The van der Waals surface area contributed by atoms with E-state index < -0.39 is 5.41 Å². The van der Waals surface area contributed by atoms with E-state index in [2.05, 4.69) is 113 Å². The van der Waals surface area contributed by atoms with Gasteiger partial charge in [-0.25, -0.2) is 0 Å². The lowest BCUT2D eigenvalue weighted by molar-refractivity contribution is -0.133. The number of hydrogen-bond donors (Lipinski definition) is 0. The van der Waals surface area contributed by atoms with E-state index in [0.717, 1.165) is 45.0 Å². The molecule has 2 fully saturated rings. The Hall–Kier alpha value is -3.40. The zero-order valence-corrected chi connectivity index (χ0v) is 26.2. The largest absolute Gasteiger partial charge is 0.493 e. The lowest BCUT2D eigenvalue weighted by atomic mass is 9.67. The summed E-state index contributed by atoms with van der Waals surface area (Å²) in [6.45, 7) is 13.0. The Labute approximate surface area is 257 Å². The first-order chi connectivity index (χ1) is 20.9. The number of aryl methyl sites for hydroxylation is 3. The van der Waals surface area contributed by atoms with Gasteiger partial charge in [0.25, 0.3) is 0 Å². The summed E-state index contributed by atoms with van der Waals surface area (Å²) >= 11 is 0. The number of rotatable bonds is 10. The summed E-state index contributed by atoms with van der Waals surface area (Å²) in [6.07, 6.45) is 4.54. The van der Waals surface area contributed by atoms with Gasteiger partial charge in [-0.1, -0.05) is 97.8 Å². The molecule has 3 heteroatoms. The molecule has 0 spiro atoms. The third-order valence-corrected chi connectivity index (χ3v) is 10.7. The van der Waals surface area contributed by atoms with E-state index in [4.69, 9.17) is 14.2 Å². The highest BCUT2D eigenvalue weighted by Crippen LogP contribution is 2.56. The molecule has 3 nitrogen and oxygen atoms in total. The molecule has 3 aliphatic rings. The Morgan fingerprint density at radius 1 is 0.628 bits per heavy atom. The molecular weight excluding hydrogens is 528 g/mol. The van der Waals surface area contributed by atoms with E-state index in [1.807, 2.05) is 0 Å². The van der Waals surface area contributed by atoms with Crippen LogP contribution in [0.4, 0.5) is 0 Å². The molecule has 43 heavy (non-hydrogen) atoms. The molecule has 1 aliphatic carbocycles. The van der Waals surface area contributed by atoms with Gasteiger partial charge in [0, 0.05) is 5.41 Å². The van der Waals surface area contributed by atoms with E-state index in [0.29, 0.717) is 12.0 Å². The average Bonchev–Trinajstić information content (AvgIpc) is 3.26. The van der Waals surface area contributed by atoms with Gasteiger partial charge in [0.15, 0.2) is 0 Å². The van der Waals surface area contributed by atoms with Crippen molar-refractivity contribution in [1.82, 2.24) is 0 Å². The van der Waals surface area contributed by atoms with Crippen molar-refractivity contribution in [2.45, 2.75) is 58.8 Å². The second-order valence-electron chi connectivity index (χ2n) is 13.6. The van der Waals surface area contributed by atoms with E-state index in [-0.39, 0.29) is 5.41 Å². The molecule has 2 aliphatic heterocycles. The van der Waals surface area contributed by atoms with Crippen LogP contribution in [0.5, 0.6) is 5.75 Å². The van der Waals surface area contributed by atoms with Crippen molar-refractivity contribution in [3.8, 4) is 16.9 Å². The minimum atomic E-state index is -0.404. The van der Waals surface area contributed by atoms with Crippen LogP contribution in [0, 0.1) is 24.7 Å². The average molecular weight is 573 g/mol. The van der Waals surface area contributed by atoms with Crippen molar-refractivity contribution in [2.75, 3.05) is 33.0 Å². The van der Waals surface area contributed by atoms with Crippen molar-refractivity contribution in [3.63, 3.8) is 0 Å². The van der Waals surface area contributed by atoms with Crippen molar-refractivity contribution < 1.29 is 14.2 Å². The Morgan fingerprint density at radius 3 is 1.60 bits per heavy atom. The van der Waals surface area contributed by atoms with Crippen molar-refractivity contribution in [3.05, 3.63) is 124 Å². The fourth-order valence-electron chi connectivity index (χ4n) is 7.40. The van der Waals surface area contributed by atoms with Crippen molar-refractivity contribution >= 4 is 0 Å². The number of ether oxygens (including phenoxy) is 3. The molecule has 222 valence electrons. The molecule has 0 saturated carbocycles. The highest BCUT2D eigenvalue weighted by Gasteiger charge is 2.46. The monoisotopic (exact) mass is 572 g/mol. The quantitative estimate of drug-likeness (QED) is 0.167. The van der Waals surface area contributed by atoms with Crippen LogP contribution in [-0.2, 0) is 21.3 Å². The van der Waals surface area contributed by atoms with E-state index in [1.54, 1.807) is 0 Å². The Kier molecular flexibility index (Phi) is 7.22. The van der Waals surface area contributed by atoms with Gasteiger partial charge in [0.05, 0.1) is 43.9 Å². The molecule has 4 aromatic carbocycles. The summed E-state index contributed by atoms with van der Waals surface area (Å²) in [5.74, 6) is 0.922. The Morgan fingerprint density at radius 2 is 1.14 bits per heavy atom. The third-order valence-electron chi connectivity index (χ3n) is 10.7. The van der Waals surface area contributed by atoms with Gasteiger partial charge in [-0.05, 0) is 90.6 Å². The van der Waals surface area contributed by atoms with Crippen molar-refractivity contribution in [1.29, 1.82) is 0 Å². The van der Waals surface area contributed by atoms with Gasteiger partial charge in [-0.3, -0.25) is 0 Å². The second-order valence-corrected chi connectivity index (χ2v) is 13.6. The van der Waals surface area contributed by atoms with Crippen LogP contribution < -0.4 is 4.74 Å². The number of hydrogen-bond acceptors (Lipinski definition) is 3. The highest BCUT2D eigenvalue weighted by atomic mass is 16.5. The smallest absolute Gasteiger partial charge is 0.119 e. The molecule has 2 heterocycles. The predicted octanol–water partition coefficient (Wildman–Crippen LogP) is 8.83. The summed E-state index contributed by atoms with van der Waals surface area (Å²) in [5.41, 5.74) is 12.1. The van der Waals surface area contributed by atoms with Gasteiger partial charge in [0.1, 0.15) is 5.75 Å². The third kappa shape index (κ3) is 4.73. The zero-order valence-electron chi connectivity index (χ0n) is 26.2. The lowest BCUT2D eigenvalue weighted by Gasteiger charge is -2.41. The van der Waals surface area contributed by atoms with Gasteiger partial charge in [0.2, 0.25) is 0 Å². The van der Waals surface area contributed by atoms with E-state index in [1.165, 1.54) is 62.9 Å². The molecular formula is C40H44O3. The molecule has 0 aromatic heterocycles. The summed E-state index contributed by atoms with van der Waals surface area (Å²) in [6, 6.07) is 32.4. The molecule has 0 bridgehead atoms. The predicted molar refractivity (Wildman–Crippen MR) is 174 cm³/mol. The van der Waals surface area contributed by atoms with Crippen LogP contribution in [0.3, 0.4) is 0 Å². The highest BCUT2D eigenvalue weighted by molar-refractivity contribution is 5.86. The van der Waals surface area contributed by atoms with Crippen LogP contribution in [0.1, 0.15) is 72.1 Å². The molecule has 0 N–H and O–H groups in total. The van der Waals surface area contributed by atoms with Crippen molar-refractivity contribution in [2.24, 2.45) is 10.8 Å². The fraction of sp³-hybridized carbons (Fsp3) is 0.400. The second kappa shape index (κ2) is 10.9. The summed E-state index contributed by atoms with van der Waals surface area (Å²) in [5, 5.41) is 0. The minimum absolute atomic E-state index is 0.155. The topological polar surface area (TPSA) is 27.7 Å². The maximum atomic E-state index is 6.34. The molecule has 0 atom stereocenters. The van der Waals surface area contributed by atoms with Gasteiger partial charge < -0.3 is 14.2 Å². The maximum absolute atomic E-state index is 6.34. The zero-order chi connectivity index (χ0) is 29.7. The molecule has 0 amide bonds. The van der Waals surface area contributed by atoms with Gasteiger partial charge >= 0.3 is 0 Å². The first kappa shape index (κ1) is 28.4. The van der Waals surface area contributed by atoms with Crippen LogP contribution in [-0.4, -0.2) is 33.0 Å². The molecule has 7 rings (SSSR count). The van der Waals surface area contributed by atoms with Crippen LogP contribution in [0.2, 0.25) is 0 Å². The van der Waals surface area contributed by atoms with Gasteiger partial charge in [-0.2, -0.15) is 0 Å². The SMILES string of the molecule is CCC1(CCc2ccc(C3(c4ccc(OCC5(CC)COC5)cc4)c4cc(C)ccc4-c4ccc(C)cc43)cc2)COC1. The lowest BCUT2D eigenvalue weighted by Crippen LogP contribution is -2.46. The molecule has 4 aromatic rings. The summed E-state index contributed by atoms with van der Waals surface area (Å²) < 4.78 is 17.5. The first-order valence-corrected chi connectivity index (χ1v) is 16.1. The maximum Gasteiger partial charge on any atom is 0.119 e. The van der Waals surface area contributed by atoms with Gasteiger partial charge in [-0.15, -0.1) is 0 Å². The van der Waals surface area contributed by atoms with Crippen LogP contribution in [0.25, 0.3) is 11.1 Å². The number of benzene rings is 4. The normalized spacial score (nSPS) is 18.7. The van der Waals surface area contributed by atoms with Crippen LogP contribution >= 0.6 is 0 Å². The minimum Gasteiger partial charge on any atom is -0.493 e. The Balaban J connectivity index is 1.31. The first-order valence-electron chi connectivity index (χ1n) is 16.1. The standard InChI is InChI=1S/C40H44O3/c1-5-38(23-41-24-38)20-19-30-9-11-31(12-10-30)40(32-13-15-33(16-14-32)43-27-39(6-2)25-42-26-39)36-21-28(3)7-17-34(36)35-18-8-29(4)22-37(35)40/h7-18,21-22H,5-6,19-20,23-27H2,1-4H3. The number of fused-ring (bicyclic) bond motifs is 3. The fourth-order valence-corrected chi connectivity index (χ4v) is 7.40. The molecule has 0 unspecified atom stereocenters. The summed E-state index contributed by atoms with van der Waals surface area (Å²) in [4.78, 5) is 0. The molecule has 0 radical (unpaired) electrons.